The van der Waals surface area contributed by atoms with E-state index in [0.29, 0.717) is 16.6 Å². The molecule has 0 saturated heterocycles. The maximum atomic E-state index is 12.9. The standard InChI is InChI=1S/C20H23N5O2/c1-13(2)18(19(26)21-14-9-11-15(12-10-14)24(3)4)25-20(27)16-7-5-6-8-17(16)22-23-25/h5-13,18H,1-4H3,(H,21,26)/t18-/m0/s1. The van der Waals surface area contributed by atoms with Gasteiger partial charge < -0.3 is 10.2 Å². The quantitative estimate of drug-likeness (QED) is 0.752. The number of benzene rings is 2. The molecule has 1 aromatic heterocycles. The number of hydrogen-bond acceptors (Lipinski definition) is 5. The third-order valence-electron chi connectivity index (χ3n) is 4.41. The fourth-order valence-electron chi connectivity index (χ4n) is 2.94. The molecule has 0 fully saturated rings. The molecule has 1 heterocycles. The Morgan fingerprint density at radius 2 is 1.74 bits per heavy atom. The first-order valence-corrected chi connectivity index (χ1v) is 8.81. The third kappa shape index (κ3) is 3.81. The van der Waals surface area contributed by atoms with Crippen LogP contribution < -0.4 is 15.8 Å². The molecule has 27 heavy (non-hydrogen) atoms. The number of carbonyl (C=O) groups excluding carboxylic acids is 1. The molecule has 1 N–H and O–H groups in total. The minimum atomic E-state index is -0.761. The van der Waals surface area contributed by atoms with Gasteiger partial charge in [0.1, 0.15) is 11.6 Å². The van der Waals surface area contributed by atoms with Gasteiger partial charge in [0.15, 0.2) is 0 Å². The second-order valence-electron chi connectivity index (χ2n) is 6.98. The van der Waals surface area contributed by atoms with Gasteiger partial charge in [0.2, 0.25) is 5.91 Å². The molecule has 0 unspecified atom stereocenters. The largest absolute Gasteiger partial charge is 0.378 e. The summed E-state index contributed by atoms with van der Waals surface area (Å²) in [5.41, 5.74) is 1.89. The molecule has 0 bridgehead atoms. The zero-order valence-corrected chi connectivity index (χ0v) is 15.9. The van der Waals surface area contributed by atoms with E-state index in [1.165, 1.54) is 4.68 Å². The van der Waals surface area contributed by atoms with Crippen molar-refractivity contribution >= 4 is 28.2 Å². The first-order chi connectivity index (χ1) is 12.9. The molecule has 1 atom stereocenters. The Hall–Kier alpha value is -3.22. The normalized spacial score (nSPS) is 12.2. The van der Waals surface area contributed by atoms with Crippen molar-refractivity contribution in [3.05, 3.63) is 58.9 Å². The highest BCUT2D eigenvalue weighted by Crippen LogP contribution is 2.20. The van der Waals surface area contributed by atoms with Gasteiger partial charge in [0.05, 0.1) is 5.39 Å². The highest BCUT2D eigenvalue weighted by molar-refractivity contribution is 5.94. The lowest BCUT2D eigenvalue weighted by Gasteiger charge is -2.21. The van der Waals surface area contributed by atoms with Crippen LogP contribution in [0.15, 0.2) is 53.3 Å². The Morgan fingerprint density at radius 3 is 2.37 bits per heavy atom. The number of nitrogens with one attached hydrogen (secondary N) is 1. The van der Waals surface area contributed by atoms with Crippen LogP contribution in [0.2, 0.25) is 0 Å². The van der Waals surface area contributed by atoms with E-state index in [4.69, 9.17) is 0 Å². The summed E-state index contributed by atoms with van der Waals surface area (Å²) in [7, 11) is 3.90. The fraction of sp³-hybridized carbons (Fsp3) is 0.300. The van der Waals surface area contributed by atoms with Gasteiger partial charge in [0, 0.05) is 25.5 Å². The Morgan fingerprint density at radius 1 is 1.07 bits per heavy atom. The molecule has 0 aliphatic carbocycles. The Balaban J connectivity index is 1.92. The van der Waals surface area contributed by atoms with Crippen molar-refractivity contribution in [2.24, 2.45) is 5.92 Å². The lowest BCUT2D eigenvalue weighted by molar-refractivity contribution is -0.120. The molecule has 0 radical (unpaired) electrons. The van der Waals surface area contributed by atoms with Crippen molar-refractivity contribution in [1.82, 2.24) is 15.0 Å². The molecular formula is C20H23N5O2. The zero-order chi connectivity index (χ0) is 19.6. The van der Waals surface area contributed by atoms with E-state index in [0.717, 1.165) is 5.69 Å². The van der Waals surface area contributed by atoms with E-state index < -0.39 is 6.04 Å². The second kappa shape index (κ2) is 7.57. The molecule has 1 amide bonds. The van der Waals surface area contributed by atoms with Crippen molar-refractivity contribution < 1.29 is 4.79 Å². The minimum absolute atomic E-state index is 0.140. The average Bonchev–Trinajstić information content (AvgIpc) is 2.64. The Bertz CT molecular complexity index is 1010. The second-order valence-corrected chi connectivity index (χ2v) is 6.98. The number of aromatic nitrogens is 3. The average molecular weight is 365 g/mol. The summed E-state index contributed by atoms with van der Waals surface area (Å²) in [5, 5.41) is 11.4. The van der Waals surface area contributed by atoms with Crippen LogP contribution in [0.3, 0.4) is 0 Å². The van der Waals surface area contributed by atoms with Crippen molar-refractivity contribution in [1.29, 1.82) is 0 Å². The molecule has 7 heteroatoms. The highest BCUT2D eigenvalue weighted by atomic mass is 16.2. The molecule has 3 aromatic rings. The monoisotopic (exact) mass is 365 g/mol. The van der Waals surface area contributed by atoms with Crippen LogP contribution in [0, 0.1) is 5.92 Å². The van der Waals surface area contributed by atoms with Crippen molar-refractivity contribution in [2.75, 3.05) is 24.3 Å². The van der Waals surface area contributed by atoms with Crippen molar-refractivity contribution in [3.63, 3.8) is 0 Å². The van der Waals surface area contributed by atoms with Crippen LogP contribution in [-0.2, 0) is 4.79 Å². The number of carbonyl (C=O) groups is 1. The molecule has 140 valence electrons. The van der Waals surface area contributed by atoms with Crippen LogP contribution in [0.1, 0.15) is 19.9 Å². The Labute approximate surface area is 157 Å². The van der Waals surface area contributed by atoms with Gasteiger partial charge in [-0.15, -0.1) is 5.10 Å². The van der Waals surface area contributed by atoms with Crippen LogP contribution >= 0.6 is 0 Å². The number of nitrogens with zero attached hydrogens (tertiary/aromatic N) is 4. The van der Waals surface area contributed by atoms with E-state index in [1.807, 2.05) is 57.1 Å². The number of anilines is 2. The predicted octanol–water partition coefficient (Wildman–Crippen LogP) is 2.69. The number of hydrogen-bond donors (Lipinski definition) is 1. The maximum Gasteiger partial charge on any atom is 0.278 e. The van der Waals surface area contributed by atoms with Gasteiger partial charge in [-0.05, 0) is 42.3 Å². The van der Waals surface area contributed by atoms with Crippen LogP contribution in [0.4, 0.5) is 11.4 Å². The molecule has 3 rings (SSSR count). The Kier molecular flexibility index (Phi) is 5.21. The zero-order valence-electron chi connectivity index (χ0n) is 15.9. The van der Waals surface area contributed by atoms with E-state index >= 15 is 0 Å². The number of rotatable bonds is 5. The van der Waals surface area contributed by atoms with Gasteiger partial charge in [-0.25, -0.2) is 0 Å². The first-order valence-electron chi connectivity index (χ1n) is 8.81. The molecule has 0 saturated carbocycles. The van der Waals surface area contributed by atoms with E-state index in [1.54, 1.807) is 24.3 Å². The van der Waals surface area contributed by atoms with Gasteiger partial charge in [-0.2, -0.15) is 4.68 Å². The topological polar surface area (TPSA) is 80.1 Å². The van der Waals surface area contributed by atoms with Gasteiger partial charge >= 0.3 is 0 Å². The summed E-state index contributed by atoms with van der Waals surface area (Å²) in [6.45, 7) is 3.76. The van der Waals surface area contributed by atoms with E-state index in [2.05, 4.69) is 15.6 Å². The van der Waals surface area contributed by atoms with Gasteiger partial charge in [-0.1, -0.05) is 31.2 Å². The molecule has 2 aromatic carbocycles. The lowest BCUT2D eigenvalue weighted by atomic mass is 10.0. The SMILES string of the molecule is CC(C)[C@@H](C(=O)Nc1ccc(N(C)C)cc1)n1nnc2ccccc2c1=O. The van der Waals surface area contributed by atoms with Crippen molar-refractivity contribution in [2.45, 2.75) is 19.9 Å². The summed E-state index contributed by atoms with van der Waals surface area (Å²) in [4.78, 5) is 27.7. The van der Waals surface area contributed by atoms with E-state index in [-0.39, 0.29) is 17.4 Å². The van der Waals surface area contributed by atoms with Crippen LogP contribution in [-0.4, -0.2) is 35.0 Å². The van der Waals surface area contributed by atoms with Gasteiger partial charge in [0.25, 0.3) is 5.56 Å². The maximum absolute atomic E-state index is 12.9. The number of fused-ring (bicyclic) bond motifs is 1. The molecule has 0 spiro atoms. The minimum Gasteiger partial charge on any atom is -0.378 e. The summed E-state index contributed by atoms with van der Waals surface area (Å²) in [5.74, 6) is -0.437. The van der Waals surface area contributed by atoms with Gasteiger partial charge in [-0.3, -0.25) is 9.59 Å². The fourth-order valence-corrected chi connectivity index (χ4v) is 2.94. The third-order valence-corrected chi connectivity index (χ3v) is 4.41. The summed E-state index contributed by atoms with van der Waals surface area (Å²) in [6, 6.07) is 13.7. The summed E-state index contributed by atoms with van der Waals surface area (Å²) < 4.78 is 1.18. The van der Waals surface area contributed by atoms with Crippen LogP contribution in [0.5, 0.6) is 0 Å². The van der Waals surface area contributed by atoms with Crippen molar-refractivity contribution in [3.8, 4) is 0 Å². The summed E-state index contributed by atoms with van der Waals surface area (Å²) >= 11 is 0. The van der Waals surface area contributed by atoms with E-state index in [9.17, 15) is 9.59 Å². The molecular weight excluding hydrogens is 342 g/mol. The first kappa shape index (κ1) is 18.6. The lowest BCUT2D eigenvalue weighted by Crippen LogP contribution is -2.38. The number of amides is 1. The smallest absolute Gasteiger partial charge is 0.278 e. The summed E-state index contributed by atoms with van der Waals surface area (Å²) in [6.07, 6.45) is 0. The van der Waals surface area contributed by atoms with Crippen LogP contribution in [0.25, 0.3) is 10.9 Å². The highest BCUT2D eigenvalue weighted by Gasteiger charge is 2.27. The predicted molar refractivity (Wildman–Crippen MR) is 107 cm³/mol. The molecule has 0 aliphatic heterocycles. The molecule has 7 nitrogen and oxygen atoms in total. The molecule has 0 aliphatic rings.